The molecular formula is C21H15ClFN7O12S3. The maximum atomic E-state index is 13.7. The van der Waals surface area contributed by atoms with Crippen molar-refractivity contribution >= 4 is 82.4 Å². The lowest BCUT2D eigenvalue weighted by Gasteiger charge is -2.16. The van der Waals surface area contributed by atoms with Crippen LogP contribution in [-0.4, -0.2) is 77.6 Å². The maximum absolute atomic E-state index is 13.7. The van der Waals surface area contributed by atoms with Crippen LogP contribution < -0.4 is 10.3 Å². The first-order chi connectivity index (χ1) is 20.7. The van der Waals surface area contributed by atoms with Crippen molar-refractivity contribution in [2.75, 3.05) is 10.3 Å². The molecular weight excluding hydrogens is 693 g/mol. The molecule has 0 saturated heterocycles. The fourth-order valence-corrected chi connectivity index (χ4v) is 5.56. The standard InChI is InChI=1S/C21H15ClFN7O12S3/c1-8-15(22)18(26-21(23)24-8)25-9-2-4-13(44(37,38)39)11(6-9)27-28-16-17(20(32)33)29-30(19(16)31)12-7-10(43(34,35)36)3-5-14(12)45(40,41)42/h2-7,16H,1H3,(H,32,33)(H,24,25,26)(H,34,35,36)(H,37,38,39)(H,40,41,42). The van der Waals surface area contributed by atoms with Gasteiger partial charge in [-0.15, -0.1) is 0 Å². The summed E-state index contributed by atoms with van der Waals surface area (Å²) in [5.74, 6) is -3.68. The molecule has 1 aliphatic heterocycles. The van der Waals surface area contributed by atoms with Crippen LogP contribution in [0.5, 0.6) is 0 Å². The van der Waals surface area contributed by atoms with Crippen LogP contribution in [0, 0.1) is 13.0 Å². The number of aryl methyl sites for hydroxylation is 1. The molecule has 1 atom stereocenters. The first-order valence-corrected chi connectivity index (χ1v) is 16.1. The van der Waals surface area contributed by atoms with E-state index in [1.807, 2.05) is 0 Å². The van der Waals surface area contributed by atoms with Gasteiger partial charge in [-0.05, 0) is 43.3 Å². The van der Waals surface area contributed by atoms with E-state index in [2.05, 4.69) is 30.6 Å². The molecule has 0 aliphatic carbocycles. The van der Waals surface area contributed by atoms with Crippen molar-refractivity contribution in [2.45, 2.75) is 27.7 Å². The maximum Gasteiger partial charge on any atom is 0.355 e. The number of aliphatic carboxylic acids is 1. The zero-order valence-corrected chi connectivity index (χ0v) is 25.0. The molecule has 1 unspecified atom stereocenters. The number of carbonyl (C=O) groups is 2. The summed E-state index contributed by atoms with van der Waals surface area (Å²) in [6, 6.07) is 1.97. The summed E-state index contributed by atoms with van der Waals surface area (Å²) in [5, 5.41) is 22.6. The third kappa shape index (κ3) is 7.08. The number of carbonyl (C=O) groups excluding carboxylic acids is 1. The van der Waals surface area contributed by atoms with Crippen LogP contribution >= 0.6 is 11.6 Å². The minimum Gasteiger partial charge on any atom is -0.477 e. The number of hydrazone groups is 1. The molecule has 0 spiro atoms. The third-order valence-electron chi connectivity index (χ3n) is 5.63. The molecule has 4 rings (SSSR count). The van der Waals surface area contributed by atoms with Crippen LogP contribution in [0.3, 0.4) is 0 Å². The van der Waals surface area contributed by atoms with E-state index in [-0.39, 0.29) is 27.2 Å². The van der Waals surface area contributed by atoms with Gasteiger partial charge in [-0.3, -0.25) is 18.5 Å². The molecule has 24 heteroatoms. The van der Waals surface area contributed by atoms with Crippen molar-refractivity contribution in [2.24, 2.45) is 15.3 Å². The van der Waals surface area contributed by atoms with E-state index in [0.717, 1.165) is 18.2 Å². The number of carboxylic acids is 1. The van der Waals surface area contributed by atoms with E-state index in [9.17, 15) is 58.0 Å². The van der Waals surface area contributed by atoms with Crippen LogP contribution in [0.1, 0.15) is 5.69 Å². The molecule has 3 aromatic rings. The zero-order chi connectivity index (χ0) is 33.6. The van der Waals surface area contributed by atoms with E-state index in [1.165, 1.54) is 6.92 Å². The Morgan fingerprint density at radius 1 is 0.978 bits per heavy atom. The summed E-state index contributed by atoms with van der Waals surface area (Å²) in [5.41, 5.74) is -2.91. The molecule has 1 aromatic heterocycles. The summed E-state index contributed by atoms with van der Waals surface area (Å²) in [6.07, 6.45) is -1.17. The molecule has 1 aliphatic rings. The Bertz CT molecular complexity index is 2180. The minimum absolute atomic E-state index is 0.0326. The predicted octanol–water partition coefficient (Wildman–Crippen LogP) is 2.00. The van der Waals surface area contributed by atoms with Crippen LogP contribution in [0.2, 0.25) is 5.02 Å². The van der Waals surface area contributed by atoms with Crippen LogP contribution in [0.15, 0.2) is 66.4 Å². The Labute approximate surface area is 256 Å². The van der Waals surface area contributed by atoms with Gasteiger partial charge in [-0.1, -0.05) is 11.6 Å². The van der Waals surface area contributed by atoms with Gasteiger partial charge in [0.15, 0.2) is 11.5 Å². The number of halogens is 2. The van der Waals surface area contributed by atoms with Crippen molar-refractivity contribution < 1.29 is 58.0 Å². The molecule has 0 radical (unpaired) electrons. The number of azo groups is 1. The SMILES string of the molecule is Cc1nc(F)nc(Nc2ccc(S(=O)(=O)O)c(N=NC3C(=O)N(c4cc(S(=O)(=O)O)ccc4S(=O)(=O)O)N=C3C(=O)O)c2)c1Cl. The number of benzene rings is 2. The molecule has 19 nitrogen and oxygen atoms in total. The quantitative estimate of drug-likeness (QED) is 0.121. The number of aromatic nitrogens is 2. The van der Waals surface area contributed by atoms with Gasteiger partial charge < -0.3 is 10.4 Å². The molecule has 0 saturated carbocycles. The number of rotatable bonds is 9. The number of hydrogen-bond acceptors (Lipinski definition) is 14. The summed E-state index contributed by atoms with van der Waals surface area (Å²) in [7, 11) is -15.3. The van der Waals surface area contributed by atoms with Gasteiger partial charge in [0, 0.05) is 5.69 Å². The van der Waals surface area contributed by atoms with Crippen molar-refractivity contribution in [3.63, 3.8) is 0 Å². The van der Waals surface area contributed by atoms with Crippen LogP contribution in [0.25, 0.3) is 0 Å². The number of nitrogens with one attached hydrogen (secondary N) is 1. The highest BCUT2D eigenvalue weighted by atomic mass is 35.5. The van der Waals surface area contributed by atoms with Gasteiger partial charge in [0.2, 0.25) is 6.04 Å². The Hall–Kier alpha value is -4.52. The molecule has 0 bridgehead atoms. The van der Waals surface area contributed by atoms with Crippen molar-refractivity contribution in [3.05, 3.63) is 53.2 Å². The lowest BCUT2D eigenvalue weighted by atomic mass is 10.2. The number of carboxylic acid groups (broad SMARTS) is 1. The van der Waals surface area contributed by atoms with E-state index >= 15 is 0 Å². The van der Waals surface area contributed by atoms with Crippen LogP contribution in [-0.2, 0) is 39.9 Å². The average Bonchev–Trinajstić information content (AvgIpc) is 3.24. The molecule has 238 valence electrons. The average molecular weight is 708 g/mol. The first kappa shape index (κ1) is 33.4. The van der Waals surface area contributed by atoms with Gasteiger partial charge in [0.1, 0.15) is 20.5 Å². The zero-order valence-electron chi connectivity index (χ0n) is 21.8. The largest absolute Gasteiger partial charge is 0.477 e. The predicted molar refractivity (Wildman–Crippen MR) is 148 cm³/mol. The minimum atomic E-state index is -5.21. The second-order valence-corrected chi connectivity index (χ2v) is 13.2. The van der Waals surface area contributed by atoms with E-state index < -0.39 is 86.1 Å². The highest BCUT2D eigenvalue weighted by Crippen LogP contribution is 2.34. The Balaban J connectivity index is 1.81. The van der Waals surface area contributed by atoms with Gasteiger partial charge >= 0.3 is 12.0 Å². The number of nitrogens with zero attached hydrogens (tertiary/aromatic N) is 6. The topological polar surface area (TPSA) is 296 Å². The monoisotopic (exact) mass is 707 g/mol. The fraction of sp³-hybridized carbons (Fsp3) is 0.0952. The number of anilines is 3. The fourth-order valence-electron chi connectivity index (χ4n) is 3.68. The molecule has 1 amide bonds. The lowest BCUT2D eigenvalue weighted by molar-refractivity contribution is -0.130. The van der Waals surface area contributed by atoms with E-state index in [0.29, 0.717) is 18.2 Å². The van der Waals surface area contributed by atoms with E-state index in [1.54, 1.807) is 0 Å². The van der Waals surface area contributed by atoms with Gasteiger partial charge in [-0.2, -0.15) is 55.0 Å². The van der Waals surface area contributed by atoms with E-state index in [4.69, 9.17) is 11.6 Å². The Kier molecular flexibility index (Phi) is 8.73. The summed E-state index contributed by atoms with van der Waals surface area (Å²) >= 11 is 6.06. The van der Waals surface area contributed by atoms with Gasteiger partial charge in [0.25, 0.3) is 36.3 Å². The molecule has 45 heavy (non-hydrogen) atoms. The van der Waals surface area contributed by atoms with Crippen molar-refractivity contribution in [3.8, 4) is 0 Å². The van der Waals surface area contributed by atoms with Gasteiger partial charge in [0.05, 0.1) is 16.3 Å². The third-order valence-corrected chi connectivity index (χ3v) is 8.74. The molecule has 5 N–H and O–H groups in total. The smallest absolute Gasteiger partial charge is 0.355 e. The lowest BCUT2D eigenvalue weighted by Crippen LogP contribution is -2.33. The van der Waals surface area contributed by atoms with Crippen molar-refractivity contribution in [1.82, 2.24) is 9.97 Å². The normalized spacial score (nSPS) is 15.9. The first-order valence-electron chi connectivity index (χ1n) is 11.4. The summed E-state index contributed by atoms with van der Waals surface area (Å²) in [6.45, 7) is 1.36. The Morgan fingerprint density at radius 3 is 2.18 bits per heavy atom. The molecule has 0 fully saturated rings. The highest BCUT2D eigenvalue weighted by molar-refractivity contribution is 7.86. The summed E-state index contributed by atoms with van der Waals surface area (Å²) in [4.78, 5) is 29.0. The Morgan fingerprint density at radius 2 is 1.60 bits per heavy atom. The van der Waals surface area contributed by atoms with Crippen LogP contribution in [0.4, 0.5) is 27.3 Å². The second kappa shape index (κ2) is 11.8. The summed E-state index contributed by atoms with van der Waals surface area (Å²) < 4.78 is 113. The second-order valence-electron chi connectivity index (χ2n) is 8.66. The van der Waals surface area contributed by atoms with Gasteiger partial charge in [-0.25, -0.2) is 9.78 Å². The highest BCUT2D eigenvalue weighted by Gasteiger charge is 2.43. The molecule has 2 heterocycles. The number of hydrogen-bond donors (Lipinski definition) is 5. The van der Waals surface area contributed by atoms with Crippen molar-refractivity contribution in [1.29, 1.82) is 0 Å². The number of amides is 1. The molecule has 2 aromatic carbocycles.